The molecule has 0 aliphatic heterocycles. The Morgan fingerprint density at radius 1 is 1.29 bits per heavy atom. The predicted molar refractivity (Wildman–Crippen MR) is 82.5 cm³/mol. The van der Waals surface area contributed by atoms with Crippen LogP contribution in [0, 0.1) is 10.1 Å². The average molecular weight is 339 g/mol. The summed E-state index contributed by atoms with van der Waals surface area (Å²) in [5.41, 5.74) is 0.0247. The van der Waals surface area contributed by atoms with E-state index in [1.807, 2.05) is 0 Å². The average Bonchev–Trinajstić information content (AvgIpc) is 2.52. The number of carbonyl (C=O) groups excluding carboxylic acids is 3. The van der Waals surface area contributed by atoms with Gasteiger partial charge in [-0.1, -0.05) is 0 Å². The third-order valence-corrected chi connectivity index (χ3v) is 2.74. The summed E-state index contributed by atoms with van der Waals surface area (Å²) in [5, 5.41) is 15.5. The van der Waals surface area contributed by atoms with Gasteiger partial charge in [0.25, 0.3) is 11.6 Å². The summed E-state index contributed by atoms with van der Waals surface area (Å²) >= 11 is 0. The molecule has 0 radical (unpaired) electrons. The molecule has 1 aromatic rings. The van der Waals surface area contributed by atoms with E-state index in [1.165, 1.54) is 26.2 Å². The van der Waals surface area contributed by atoms with Crippen LogP contribution >= 0.6 is 0 Å². The number of anilines is 1. The topological polar surface area (TPSA) is 137 Å². The second kappa shape index (κ2) is 9.08. The standard InChI is InChI=1S/C14H17N3O7/c1-9(18)15-6-5-14(20)24-8-13(19)16-11-4-3-10(17(21)22)7-12(11)23-2/h3-4,7H,5-6,8H2,1-2H3,(H,15,18)(H,16,19). The van der Waals surface area contributed by atoms with Gasteiger partial charge in [0.15, 0.2) is 6.61 Å². The van der Waals surface area contributed by atoms with E-state index in [9.17, 15) is 24.5 Å². The first-order valence-electron chi connectivity index (χ1n) is 6.85. The van der Waals surface area contributed by atoms with Crippen LogP contribution < -0.4 is 15.4 Å². The Hall–Kier alpha value is -3.17. The van der Waals surface area contributed by atoms with Crippen LogP contribution in [0.25, 0.3) is 0 Å². The lowest BCUT2D eigenvalue weighted by atomic mass is 10.2. The molecule has 10 nitrogen and oxygen atoms in total. The van der Waals surface area contributed by atoms with Crippen LogP contribution in [0.2, 0.25) is 0 Å². The number of esters is 1. The van der Waals surface area contributed by atoms with Crippen molar-refractivity contribution in [1.29, 1.82) is 0 Å². The molecule has 1 rings (SSSR count). The Bertz CT molecular complexity index is 645. The number of benzene rings is 1. The second-order valence-corrected chi connectivity index (χ2v) is 4.58. The van der Waals surface area contributed by atoms with Crippen LogP contribution in [0.4, 0.5) is 11.4 Å². The number of nitrogens with one attached hydrogen (secondary N) is 2. The van der Waals surface area contributed by atoms with Crippen LogP contribution in [0.1, 0.15) is 13.3 Å². The first-order valence-corrected chi connectivity index (χ1v) is 6.85. The molecule has 2 N–H and O–H groups in total. The molecule has 0 atom stereocenters. The fourth-order valence-corrected chi connectivity index (χ4v) is 1.64. The molecular weight excluding hydrogens is 322 g/mol. The minimum Gasteiger partial charge on any atom is -0.494 e. The highest BCUT2D eigenvalue weighted by Gasteiger charge is 2.14. The molecule has 0 saturated heterocycles. The molecule has 0 unspecified atom stereocenters. The lowest BCUT2D eigenvalue weighted by Gasteiger charge is -2.10. The normalized spacial score (nSPS) is 9.75. The molecule has 0 fully saturated rings. The number of carbonyl (C=O) groups is 3. The molecule has 2 amide bonds. The van der Waals surface area contributed by atoms with Gasteiger partial charge in [-0.25, -0.2) is 0 Å². The predicted octanol–water partition coefficient (Wildman–Crippen LogP) is 0.611. The van der Waals surface area contributed by atoms with E-state index in [2.05, 4.69) is 10.6 Å². The van der Waals surface area contributed by atoms with Crippen LogP contribution in [0.5, 0.6) is 5.75 Å². The number of amides is 2. The molecule has 0 aliphatic carbocycles. The highest BCUT2D eigenvalue weighted by molar-refractivity contribution is 5.94. The first-order chi connectivity index (χ1) is 11.3. The summed E-state index contributed by atoms with van der Waals surface area (Å²) in [4.78, 5) is 43.8. The van der Waals surface area contributed by atoms with E-state index in [4.69, 9.17) is 9.47 Å². The van der Waals surface area contributed by atoms with Gasteiger partial charge in [0, 0.05) is 19.5 Å². The third-order valence-electron chi connectivity index (χ3n) is 2.74. The van der Waals surface area contributed by atoms with Gasteiger partial charge in [-0.05, 0) is 6.07 Å². The molecule has 1 aromatic carbocycles. The number of nitro benzene ring substituents is 1. The highest BCUT2D eigenvalue weighted by Crippen LogP contribution is 2.28. The number of nitrogens with zero attached hydrogens (tertiary/aromatic N) is 1. The molecule has 24 heavy (non-hydrogen) atoms. The number of non-ortho nitro benzene ring substituents is 1. The zero-order chi connectivity index (χ0) is 18.1. The molecule has 0 saturated carbocycles. The van der Waals surface area contributed by atoms with Gasteiger partial charge in [-0.2, -0.15) is 0 Å². The molecule has 0 bridgehead atoms. The molecule has 10 heteroatoms. The Labute approximate surface area is 137 Å². The zero-order valence-electron chi connectivity index (χ0n) is 13.2. The van der Waals surface area contributed by atoms with Crippen LogP contribution in [0.15, 0.2) is 18.2 Å². The fourth-order valence-electron chi connectivity index (χ4n) is 1.64. The smallest absolute Gasteiger partial charge is 0.308 e. The maximum Gasteiger partial charge on any atom is 0.308 e. The number of rotatable bonds is 8. The Morgan fingerprint density at radius 3 is 2.58 bits per heavy atom. The second-order valence-electron chi connectivity index (χ2n) is 4.58. The van der Waals surface area contributed by atoms with Gasteiger partial charge >= 0.3 is 5.97 Å². The van der Waals surface area contributed by atoms with E-state index in [1.54, 1.807) is 0 Å². The third kappa shape index (κ3) is 6.30. The van der Waals surface area contributed by atoms with E-state index in [0.29, 0.717) is 0 Å². The number of nitro groups is 1. The summed E-state index contributed by atoms with van der Waals surface area (Å²) in [5.74, 6) is -1.44. The van der Waals surface area contributed by atoms with Gasteiger partial charge in [-0.15, -0.1) is 0 Å². The lowest BCUT2D eigenvalue weighted by Crippen LogP contribution is -2.26. The summed E-state index contributed by atoms with van der Waals surface area (Å²) < 4.78 is 9.71. The summed E-state index contributed by atoms with van der Waals surface area (Å²) in [6.45, 7) is 0.904. The van der Waals surface area contributed by atoms with Crippen molar-refractivity contribution in [3.63, 3.8) is 0 Å². The van der Waals surface area contributed by atoms with Crippen LogP contribution in [-0.2, 0) is 19.1 Å². The minimum atomic E-state index is -0.644. The molecule has 0 heterocycles. The maximum absolute atomic E-state index is 11.7. The van der Waals surface area contributed by atoms with Crippen molar-refractivity contribution in [2.24, 2.45) is 0 Å². The fraction of sp³-hybridized carbons (Fsp3) is 0.357. The maximum atomic E-state index is 11.7. The number of hydrogen-bond donors (Lipinski definition) is 2. The summed E-state index contributed by atoms with van der Waals surface area (Å²) in [6, 6.07) is 3.68. The van der Waals surface area contributed by atoms with Crippen molar-refractivity contribution in [1.82, 2.24) is 5.32 Å². The first kappa shape index (κ1) is 18.9. The number of ether oxygens (including phenoxy) is 2. The van der Waals surface area contributed by atoms with E-state index in [-0.39, 0.29) is 36.0 Å². The largest absolute Gasteiger partial charge is 0.494 e. The Balaban J connectivity index is 2.51. The number of hydrogen-bond acceptors (Lipinski definition) is 7. The van der Waals surface area contributed by atoms with Gasteiger partial charge in [-0.3, -0.25) is 24.5 Å². The molecular formula is C14H17N3O7. The number of methoxy groups -OCH3 is 1. The van der Waals surface area contributed by atoms with Crippen LogP contribution in [-0.4, -0.2) is 43.0 Å². The Morgan fingerprint density at radius 2 is 2.00 bits per heavy atom. The quantitative estimate of drug-likeness (QED) is 0.402. The Kier molecular flexibility index (Phi) is 7.14. The van der Waals surface area contributed by atoms with Gasteiger partial charge < -0.3 is 20.1 Å². The van der Waals surface area contributed by atoms with Crippen molar-refractivity contribution in [2.45, 2.75) is 13.3 Å². The van der Waals surface area contributed by atoms with Crippen molar-refractivity contribution in [3.05, 3.63) is 28.3 Å². The molecule has 0 spiro atoms. The van der Waals surface area contributed by atoms with Crippen LogP contribution in [0.3, 0.4) is 0 Å². The van der Waals surface area contributed by atoms with Gasteiger partial charge in [0.05, 0.1) is 30.2 Å². The lowest BCUT2D eigenvalue weighted by molar-refractivity contribution is -0.384. The summed E-state index contributed by atoms with van der Waals surface area (Å²) in [7, 11) is 1.30. The van der Waals surface area contributed by atoms with E-state index >= 15 is 0 Å². The molecule has 0 aliphatic rings. The molecule has 130 valence electrons. The van der Waals surface area contributed by atoms with Gasteiger partial charge in [0.2, 0.25) is 5.91 Å². The monoisotopic (exact) mass is 339 g/mol. The highest BCUT2D eigenvalue weighted by atomic mass is 16.6. The SMILES string of the molecule is COc1cc([N+](=O)[O-])ccc1NC(=O)COC(=O)CCNC(C)=O. The van der Waals surface area contributed by atoms with Crippen molar-refractivity contribution >= 4 is 29.2 Å². The summed E-state index contributed by atoms with van der Waals surface area (Å²) in [6.07, 6.45) is -0.0618. The van der Waals surface area contributed by atoms with Gasteiger partial charge in [0.1, 0.15) is 5.75 Å². The van der Waals surface area contributed by atoms with Crippen molar-refractivity contribution < 1.29 is 28.8 Å². The van der Waals surface area contributed by atoms with E-state index in [0.717, 1.165) is 6.07 Å². The van der Waals surface area contributed by atoms with E-state index < -0.39 is 23.4 Å². The van der Waals surface area contributed by atoms with Crippen molar-refractivity contribution in [2.75, 3.05) is 25.6 Å². The molecule has 0 aromatic heterocycles. The zero-order valence-corrected chi connectivity index (χ0v) is 13.2. The minimum absolute atomic E-state index is 0.0618. The van der Waals surface area contributed by atoms with Crippen molar-refractivity contribution in [3.8, 4) is 5.75 Å².